The van der Waals surface area contributed by atoms with Crippen molar-refractivity contribution in [1.82, 2.24) is 0 Å². The van der Waals surface area contributed by atoms with E-state index < -0.39 is 11.9 Å². The van der Waals surface area contributed by atoms with Gasteiger partial charge in [-0.05, 0) is 37.1 Å². The molecule has 0 aliphatic carbocycles. The Morgan fingerprint density at radius 1 is 0.741 bits per heavy atom. The van der Waals surface area contributed by atoms with Crippen molar-refractivity contribution >= 4 is 45.9 Å². The Morgan fingerprint density at radius 2 is 1.15 bits per heavy atom. The van der Waals surface area contributed by atoms with Gasteiger partial charge in [0.25, 0.3) is 0 Å². The Morgan fingerprint density at radius 3 is 1.48 bits per heavy atom. The maximum atomic E-state index is 11.5. The quantitative estimate of drug-likeness (QED) is 0.436. The van der Waals surface area contributed by atoms with Crippen LogP contribution in [0.2, 0.25) is 0 Å². The van der Waals surface area contributed by atoms with Crippen molar-refractivity contribution in [1.29, 1.82) is 0 Å². The lowest BCUT2D eigenvalue weighted by Gasteiger charge is -1.94. The van der Waals surface area contributed by atoms with Gasteiger partial charge in [0, 0.05) is 29.3 Å². The van der Waals surface area contributed by atoms with Gasteiger partial charge in [-0.15, -0.1) is 34.0 Å². The first kappa shape index (κ1) is 19.8. The fourth-order valence-electron chi connectivity index (χ4n) is 2.89. The average molecular weight is 421 g/mol. The largest absolute Gasteiger partial charge is 0.478 e. The molecule has 3 rings (SSSR count). The zero-order chi connectivity index (χ0) is 19.6. The summed E-state index contributed by atoms with van der Waals surface area (Å²) in [5.74, 6) is -1.77. The Kier molecular flexibility index (Phi) is 6.14. The molecule has 0 fully saturated rings. The number of carboxylic acids is 2. The normalized spacial score (nSPS) is 11.0. The first-order chi connectivity index (χ1) is 12.9. The standard InChI is InChI=1S/C20H20O4S3/c1-3-5-13-11(19(21)22)9-17(25-13)15-7-8-16(27-15)18-10-12(20(23)24)14(26-18)6-4-2/h7-10H,3-6H2,1-2H3,(H,21,22)(H,23,24). The molecule has 7 heteroatoms. The molecular weight excluding hydrogens is 400 g/mol. The number of carboxylic acid groups (broad SMARTS) is 2. The minimum atomic E-state index is -0.883. The molecule has 4 nitrogen and oxygen atoms in total. The van der Waals surface area contributed by atoms with Crippen LogP contribution in [0.15, 0.2) is 24.3 Å². The summed E-state index contributed by atoms with van der Waals surface area (Å²) >= 11 is 4.65. The van der Waals surface area contributed by atoms with Crippen LogP contribution in [0.4, 0.5) is 0 Å². The van der Waals surface area contributed by atoms with E-state index in [0.29, 0.717) is 11.1 Å². The number of hydrogen-bond acceptors (Lipinski definition) is 5. The van der Waals surface area contributed by atoms with Crippen LogP contribution in [0.5, 0.6) is 0 Å². The number of aromatic carboxylic acids is 2. The first-order valence-electron chi connectivity index (χ1n) is 8.77. The summed E-state index contributed by atoms with van der Waals surface area (Å²) in [5.41, 5.74) is 0.780. The number of rotatable bonds is 8. The summed E-state index contributed by atoms with van der Waals surface area (Å²) in [6.07, 6.45) is 3.34. The summed E-state index contributed by atoms with van der Waals surface area (Å²) < 4.78 is 0. The van der Waals surface area contributed by atoms with E-state index in [1.807, 2.05) is 26.0 Å². The average Bonchev–Trinajstić information content (AvgIpc) is 3.32. The van der Waals surface area contributed by atoms with Gasteiger partial charge < -0.3 is 10.2 Å². The predicted octanol–water partition coefficient (Wildman–Crippen LogP) is 6.51. The number of carbonyl (C=O) groups is 2. The van der Waals surface area contributed by atoms with Gasteiger partial charge in [0.2, 0.25) is 0 Å². The highest BCUT2D eigenvalue weighted by molar-refractivity contribution is 7.26. The molecule has 0 unspecified atom stereocenters. The maximum Gasteiger partial charge on any atom is 0.336 e. The first-order valence-corrected chi connectivity index (χ1v) is 11.2. The number of hydrogen-bond donors (Lipinski definition) is 2. The van der Waals surface area contributed by atoms with Gasteiger partial charge in [-0.3, -0.25) is 0 Å². The van der Waals surface area contributed by atoms with Crippen molar-refractivity contribution in [3.63, 3.8) is 0 Å². The van der Waals surface area contributed by atoms with Crippen molar-refractivity contribution in [3.8, 4) is 19.5 Å². The molecule has 0 bridgehead atoms. The maximum absolute atomic E-state index is 11.5. The molecule has 0 aliphatic rings. The van der Waals surface area contributed by atoms with Crippen LogP contribution in [0.1, 0.15) is 57.2 Å². The Balaban J connectivity index is 1.96. The second-order valence-electron chi connectivity index (χ2n) is 6.17. The van der Waals surface area contributed by atoms with Crippen LogP contribution in [-0.4, -0.2) is 22.2 Å². The lowest BCUT2D eigenvalue weighted by atomic mass is 10.1. The molecule has 0 saturated carbocycles. The smallest absolute Gasteiger partial charge is 0.336 e. The lowest BCUT2D eigenvalue weighted by Crippen LogP contribution is -1.97. The third-order valence-electron chi connectivity index (χ3n) is 4.12. The van der Waals surface area contributed by atoms with Crippen LogP contribution in [-0.2, 0) is 12.8 Å². The minimum Gasteiger partial charge on any atom is -0.478 e. The molecule has 3 heterocycles. The third kappa shape index (κ3) is 4.15. The van der Waals surface area contributed by atoms with E-state index >= 15 is 0 Å². The zero-order valence-corrected chi connectivity index (χ0v) is 17.5. The molecule has 0 aliphatic heterocycles. The number of thiophene rings is 3. The Bertz CT molecular complexity index is 901. The lowest BCUT2D eigenvalue weighted by molar-refractivity contribution is 0.0685. The molecule has 0 aromatic carbocycles. The minimum absolute atomic E-state index is 0.390. The van der Waals surface area contributed by atoms with Crippen molar-refractivity contribution in [3.05, 3.63) is 45.1 Å². The van der Waals surface area contributed by atoms with Gasteiger partial charge in [0.15, 0.2) is 0 Å². The topological polar surface area (TPSA) is 74.6 Å². The van der Waals surface area contributed by atoms with Crippen LogP contribution in [0.3, 0.4) is 0 Å². The van der Waals surface area contributed by atoms with Gasteiger partial charge >= 0.3 is 11.9 Å². The van der Waals surface area contributed by atoms with E-state index in [-0.39, 0.29) is 0 Å². The molecule has 0 amide bonds. The van der Waals surface area contributed by atoms with E-state index in [0.717, 1.165) is 54.9 Å². The highest BCUT2D eigenvalue weighted by Crippen LogP contribution is 2.42. The summed E-state index contributed by atoms with van der Waals surface area (Å²) in [6.45, 7) is 4.08. The van der Waals surface area contributed by atoms with E-state index in [2.05, 4.69) is 0 Å². The predicted molar refractivity (Wildman–Crippen MR) is 113 cm³/mol. The van der Waals surface area contributed by atoms with Gasteiger partial charge in [0.1, 0.15) is 0 Å². The SMILES string of the molecule is CCCc1sc(-c2ccc(-c3cc(C(=O)O)c(CCC)s3)s2)cc1C(=O)O. The van der Waals surface area contributed by atoms with Crippen LogP contribution < -0.4 is 0 Å². The monoisotopic (exact) mass is 420 g/mol. The molecule has 2 N–H and O–H groups in total. The van der Waals surface area contributed by atoms with E-state index in [1.165, 1.54) is 22.7 Å². The van der Waals surface area contributed by atoms with Crippen molar-refractivity contribution in [2.75, 3.05) is 0 Å². The zero-order valence-electron chi connectivity index (χ0n) is 15.1. The van der Waals surface area contributed by atoms with Crippen LogP contribution in [0, 0.1) is 0 Å². The van der Waals surface area contributed by atoms with E-state index in [4.69, 9.17) is 0 Å². The van der Waals surface area contributed by atoms with E-state index in [1.54, 1.807) is 23.5 Å². The van der Waals surface area contributed by atoms with Crippen molar-refractivity contribution in [2.24, 2.45) is 0 Å². The van der Waals surface area contributed by atoms with Gasteiger partial charge in [-0.2, -0.15) is 0 Å². The highest BCUT2D eigenvalue weighted by Gasteiger charge is 2.19. The summed E-state index contributed by atoms with van der Waals surface area (Å²) in [6, 6.07) is 7.50. The second kappa shape index (κ2) is 8.37. The van der Waals surface area contributed by atoms with E-state index in [9.17, 15) is 19.8 Å². The van der Waals surface area contributed by atoms with Crippen molar-refractivity contribution < 1.29 is 19.8 Å². The summed E-state index contributed by atoms with van der Waals surface area (Å²) in [4.78, 5) is 28.7. The molecule has 142 valence electrons. The van der Waals surface area contributed by atoms with Crippen molar-refractivity contribution in [2.45, 2.75) is 39.5 Å². The van der Waals surface area contributed by atoms with Gasteiger partial charge in [-0.1, -0.05) is 26.7 Å². The molecule has 27 heavy (non-hydrogen) atoms. The highest BCUT2D eigenvalue weighted by atomic mass is 32.1. The molecule has 0 spiro atoms. The Labute approximate surface area is 169 Å². The summed E-state index contributed by atoms with van der Waals surface area (Å²) in [7, 11) is 0. The Hall–Kier alpha value is -1.96. The molecule has 3 aromatic heterocycles. The number of aryl methyl sites for hydroxylation is 2. The third-order valence-corrected chi connectivity index (χ3v) is 7.99. The molecule has 0 radical (unpaired) electrons. The second-order valence-corrected chi connectivity index (χ2v) is 9.53. The fraction of sp³-hybridized carbons (Fsp3) is 0.300. The van der Waals surface area contributed by atoms with Crippen LogP contribution >= 0.6 is 34.0 Å². The van der Waals surface area contributed by atoms with Gasteiger partial charge in [0.05, 0.1) is 11.1 Å². The molecule has 3 aromatic rings. The fourth-order valence-corrected chi connectivity index (χ4v) is 6.57. The van der Waals surface area contributed by atoms with Crippen LogP contribution in [0.25, 0.3) is 19.5 Å². The molecule has 0 saturated heterocycles. The van der Waals surface area contributed by atoms with Gasteiger partial charge in [-0.25, -0.2) is 9.59 Å². The molecule has 0 atom stereocenters. The molecular formula is C20H20O4S3. The summed E-state index contributed by atoms with van der Waals surface area (Å²) in [5, 5.41) is 18.9.